The van der Waals surface area contributed by atoms with Crippen LogP contribution in [0.5, 0.6) is 5.75 Å². The van der Waals surface area contributed by atoms with Crippen LogP contribution in [0, 0.1) is 5.92 Å². The van der Waals surface area contributed by atoms with Crippen LogP contribution >= 0.6 is 15.9 Å². The predicted octanol–water partition coefficient (Wildman–Crippen LogP) is 4.04. The molecule has 0 saturated heterocycles. The highest BCUT2D eigenvalue weighted by Gasteiger charge is 2.17. The van der Waals surface area contributed by atoms with Crippen LogP contribution in [-0.2, 0) is 0 Å². The normalized spacial score (nSPS) is 17.6. The summed E-state index contributed by atoms with van der Waals surface area (Å²) >= 11 is 3.53. The topological polar surface area (TPSA) is 35.2 Å². The van der Waals surface area contributed by atoms with Crippen molar-refractivity contribution in [3.05, 3.63) is 28.2 Å². The fourth-order valence-corrected chi connectivity index (χ4v) is 2.55. The highest BCUT2D eigenvalue weighted by atomic mass is 79.9. The van der Waals surface area contributed by atoms with Gasteiger partial charge in [-0.3, -0.25) is 0 Å². The van der Waals surface area contributed by atoms with Crippen LogP contribution in [0.25, 0.3) is 0 Å². The van der Waals surface area contributed by atoms with Gasteiger partial charge in [-0.25, -0.2) is 0 Å². The van der Waals surface area contributed by atoms with E-state index in [4.69, 9.17) is 10.5 Å². The van der Waals surface area contributed by atoms with Gasteiger partial charge in [0, 0.05) is 6.04 Å². The fourth-order valence-electron chi connectivity index (χ4n) is 2.03. The molecule has 1 aromatic rings. The Labute approximate surface area is 112 Å². The van der Waals surface area contributed by atoms with E-state index in [1.165, 1.54) is 25.7 Å². The summed E-state index contributed by atoms with van der Waals surface area (Å²) in [6, 6.07) is 6.15. The average Bonchev–Trinajstić information content (AvgIpc) is 2.23. The zero-order valence-electron chi connectivity index (χ0n) is 10.3. The van der Waals surface area contributed by atoms with Gasteiger partial charge in [-0.05, 0) is 52.9 Å². The van der Waals surface area contributed by atoms with Gasteiger partial charge in [0.1, 0.15) is 5.75 Å². The van der Waals surface area contributed by atoms with Crippen molar-refractivity contribution >= 4 is 15.9 Å². The van der Waals surface area contributed by atoms with Crippen molar-refractivity contribution in [3.63, 3.8) is 0 Å². The number of hydrogen-bond acceptors (Lipinski definition) is 2. The summed E-state index contributed by atoms with van der Waals surface area (Å²) in [7, 11) is 0. The predicted molar refractivity (Wildman–Crippen MR) is 74.2 cm³/mol. The second-order valence-corrected chi connectivity index (χ2v) is 5.77. The maximum Gasteiger partial charge on any atom is 0.133 e. The molecule has 0 amide bonds. The highest BCUT2D eigenvalue weighted by Crippen LogP contribution is 2.31. The summed E-state index contributed by atoms with van der Waals surface area (Å²) in [5.41, 5.74) is 6.96. The van der Waals surface area contributed by atoms with Gasteiger partial charge in [0.25, 0.3) is 0 Å². The van der Waals surface area contributed by atoms with Crippen molar-refractivity contribution < 1.29 is 4.74 Å². The molecule has 1 saturated carbocycles. The van der Waals surface area contributed by atoms with Gasteiger partial charge in [-0.15, -0.1) is 0 Å². The molecule has 0 radical (unpaired) electrons. The Balaban J connectivity index is 1.87. The van der Waals surface area contributed by atoms with E-state index < -0.39 is 0 Å². The second kappa shape index (κ2) is 5.87. The second-order valence-electron chi connectivity index (χ2n) is 4.91. The van der Waals surface area contributed by atoms with Gasteiger partial charge in [0.05, 0.1) is 11.1 Å². The molecule has 1 aliphatic rings. The molecular formula is C14H20BrNO. The van der Waals surface area contributed by atoms with Crippen molar-refractivity contribution in [1.29, 1.82) is 0 Å². The maximum absolute atomic E-state index is 5.84. The minimum atomic E-state index is 0.0651. The first-order valence-corrected chi connectivity index (χ1v) is 7.14. The van der Waals surface area contributed by atoms with Crippen molar-refractivity contribution in [2.45, 2.75) is 38.6 Å². The van der Waals surface area contributed by atoms with Gasteiger partial charge in [0.2, 0.25) is 0 Å². The Hall–Kier alpha value is -0.540. The number of rotatable bonds is 5. The number of nitrogens with two attached hydrogens (primary N) is 1. The molecule has 0 spiro atoms. The van der Waals surface area contributed by atoms with Crippen LogP contribution in [-0.4, -0.2) is 6.61 Å². The molecule has 2 nitrogen and oxygen atoms in total. The zero-order valence-corrected chi connectivity index (χ0v) is 11.9. The highest BCUT2D eigenvalue weighted by molar-refractivity contribution is 9.10. The quantitative estimate of drug-likeness (QED) is 0.890. The van der Waals surface area contributed by atoms with E-state index in [9.17, 15) is 0 Å². The van der Waals surface area contributed by atoms with Crippen molar-refractivity contribution in [2.24, 2.45) is 11.7 Å². The molecule has 94 valence electrons. The standard InChI is InChI=1S/C14H20BrNO/c1-10(16)12-5-6-14(13(15)9-12)17-8-7-11-3-2-4-11/h5-6,9-11H,2-4,7-8,16H2,1H3/t10-/m0/s1. The summed E-state index contributed by atoms with van der Waals surface area (Å²) in [4.78, 5) is 0. The smallest absolute Gasteiger partial charge is 0.133 e. The lowest BCUT2D eigenvalue weighted by atomic mass is 9.83. The van der Waals surface area contributed by atoms with Gasteiger partial charge in [0.15, 0.2) is 0 Å². The van der Waals surface area contributed by atoms with Crippen LogP contribution in [0.3, 0.4) is 0 Å². The Morgan fingerprint density at radius 2 is 2.24 bits per heavy atom. The molecule has 1 fully saturated rings. The molecule has 17 heavy (non-hydrogen) atoms. The number of halogens is 1. The largest absolute Gasteiger partial charge is 0.492 e. The molecule has 0 bridgehead atoms. The monoisotopic (exact) mass is 297 g/mol. The third-order valence-electron chi connectivity index (χ3n) is 3.49. The summed E-state index contributed by atoms with van der Waals surface area (Å²) in [5, 5.41) is 0. The van der Waals surface area contributed by atoms with Gasteiger partial charge >= 0.3 is 0 Å². The van der Waals surface area contributed by atoms with Crippen LogP contribution in [0.2, 0.25) is 0 Å². The first-order chi connectivity index (χ1) is 8.16. The van der Waals surface area contributed by atoms with Crippen LogP contribution < -0.4 is 10.5 Å². The Morgan fingerprint density at radius 3 is 2.76 bits per heavy atom. The maximum atomic E-state index is 5.84. The molecule has 1 aromatic carbocycles. The van der Waals surface area contributed by atoms with E-state index in [2.05, 4.69) is 15.9 Å². The van der Waals surface area contributed by atoms with Crippen LogP contribution in [0.1, 0.15) is 44.2 Å². The number of benzene rings is 1. The summed E-state index contributed by atoms with van der Waals surface area (Å²) < 4.78 is 6.79. The fraction of sp³-hybridized carbons (Fsp3) is 0.571. The van der Waals surface area contributed by atoms with Gasteiger partial charge in [-0.1, -0.05) is 25.3 Å². The van der Waals surface area contributed by atoms with Crippen LogP contribution in [0.15, 0.2) is 22.7 Å². The van der Waals surface area contributed by atoms with E-state index in [0.717, 1.165) is 28.3 Å². The van der Waals surface area contributed by atoms with Crippen LogP contribution in [0.4, 0.5) is 0 Å². The number of ether oxygens (including phenoxy) is 1. The molecule has 0 unspecified atom stereocenters. The van der Waals surface area contributed by atoms with Gasteiger partial charge in [-0.2, -0.15) is 0 Å². The van der Waals surface area contributed by atoms with E-state index in [1.54, 1.807) is 0 Å². The Bertz CT molecular complexity index is 374. The zero-order chi connectivity index (χ0) is 12.3. The molecule has 0 heterocycles. The average molecular weight is 298 g/mol. The SMILES string of the molecule is C[C@H](N)c1ccc(OCCC2CCC2)c(Br)c1. The Morgan fingerprint density at radius 1 is 1.47 bits per heavy atom. The third-order valence-corrected chi connectivity index (χ3v) is 4.11. The van der Waals surface area contributed by atoms with E-state index in [-0.39, 0.29) is 6.04 Å². The lowest BCUT2D eigenvalue weighted by molar-refractivity contribution is 0.221. The van der Waals surface area contributed by atoms with E-state index in [1.807, 2.05) is 25.1 Å². The molecule has 1 aliphatic carbocycles. The summed E-state index contributed by atoms with van der Waals surface area (Å²) in [5.74, 6) is 1.82. The minimum Gasteiger partial charge on any atom is -0.492 e. The Kier molecular flexibility index (Phi) is 4.46. The lowest BCUT2D eigenvalue weighted by Crippen LogP contribution is -2.14. The molecule has 0 aromatic heterocycles. The van der Waals surface area contributed by atoms with Crippen molar-refractivity contribution in [3.8, 4) is 5.75 Å². The lowest BCUT2D eigenvalue weighted by Gasteiger charge is -2.25. The molecular weight excluding hydrogens is 278 g/mol. The van der Waals surface area contributed by atoms with Crippen molar-refractivity contribution in [1.82, 2.24) is 0 Å². The minimum absolute atomic E-state index is 0.0651. The molecule has 2 N–H and O–H groups in total. The van der Waals surface area contributed by atoms with E-state index >= 15 is 0 Å². The van der Waals surface area contributed by atoms with E-state index in [0.29, 0.717) is 0 Å². The molecule has 3 heteroatoms. The van der Waals surface area contributed by atoms with Crippen molar-refractivity contribution in [2.75, 3.05) is 6.61 Å². The first kappa shape index (κ1) is 12.9. The molecule has 0 aliphatic heterocycles. The molecule has 2 rings (SSSR count). The number of hydrogen-bond donors (Lipinski definition) is 1. The third kappa shape index (κ3) is 3.46. The summed E-state index contributed by atoms with van der Waals surface area (Å²) in [6.07, 6.45) is 5.35. The molecule has 1 atom stereocenters. The first-order valence-electron chi connectivity index (χ1n) is 6.34. The van der Waals surface area contributed by atoms with Gasteiger partial charge < -0.3 is 10.5 Å². The summed E-state index contributed by atoms with van der Waals surface area (Å²) in [6.45, 7) is 2.81.